The van der Waals surface area contributed by atoms with E-state index in [0.29, 0.717) is 5.82 Å². The Morgan fingerprint density at radius 2 is 0.762 bits per heavy atom. The van der Waals surface area contributed by atoms with E-state index in [0.717, 1.165) is 67.2 Å². The monoisotopic (exact) mass is 803 g/mol. The number of aromatic nitrogens is 5. The van der Waals surface area contributed by atoms with Crippen LogP contribution in [0.25, 0.3) is 116 Å². The van der Waals surface area contributed by atoms with Crippen molar-refractivity contribution in [1.82, 2.24) is 23.7 Å². The topological polar surface area (TPSA) is 40.6 Å². The van der Waals surface area contributed by atoms with Crippen molar-refractivity contribution in [1.29, 1.82) is 0 Å². The van der Waals surface area contributed by atoms with Crippen molar-refractivity contribution in [3.63, 3.8) is 0 Å². The molecule has 0 amide bonds. The summed E-state index contributed by atoms with van der Waals surface area (Å²) in [4.78, 5) is 10.7. The van der Waals surface area contributed by atoms with Crippen molar-refractivity contribution in [2.45, 2.75) is 0 Å². The van der Waals surface area contributed by atoms with E-state index in [9.17, 15) is 0 Å². The summed E-state index contributed by atoms with van der Waals surface area (Å²) in [6, 6.07) is 80.2. The van der Waals surface area contributed by atoms with Crippen molar-refractivity contribution >= 4 is 65.4 Å². The van der Waals surface area contributed by atoms with Crippen LogP contribution >= 0.6 is 0 Å². The summed E-state index contributed by atoms with van der Waals surface area (Å²) >= 11 is 0. The Morgan fingerprint density at radius 3 is 1.38 bits per heavy atom. The molecule has 0 unspecified atom stereocenters. The Bertz CT molecular complexity index is 3820. The molecule has 0 aliphatic heterocycles. The molecule has 0 atom stereocenters. The molecule has 0 N–H and O–H groups in total. The lowest BCUT2D eigenvalue weighted by molar-refractivity contribution is 1.12. The third kappa shape index (κ3) is 5.36. The molecule has 0 spiro atoms. The van der Waals surface area contributed by atoms with Gasteiger partial charge in [-0.05, 0) is 60.7 Å². The summed E-state index contributed by atoms with van der Waals surface area (Å²) in [7, 11) is 0. The maximum atomic E-state index is 5.49. The molecule has 5 heteroatoms. The minimum atomic E-state index is 0.679. The fraction of sp³-hybridized carbons (Fsp3) is 0. The molecule has 0 radical (unpaired) electrons. The Balaban J connectivity index is 1.24. The van der Waals surface area contributed by atoms with Gasteiger partial charge in [0, 0.05) is 60.4 Å². The number of hydrogen-bond donors (Lipinski definition) is 0. The fourth-order valence-electron chi connectivity index (χ4n) is 9.97. The number of rotatable bonds is 6. The normalized spacial score (nSPS) is 11.8. The standard InChI is InChI=1S/C58H37N5/c1-5-19-38(20-6-1)48-37-49(60-58(59-48)39-21-7-2-8-22-39)46-34-33-45-43-28-14-17-31-51(43)62(41-25-11-4-12-26-41)56(45)57(46)63-52-32-18-15-29-47(52)54-53(63)36-35-44-42-27-13-16-30-50(42)61(55(44)54)40-23-9-3-10-24-40/h1-37H. The van der Waals surface area contributed by atoms with Gasteiger partial charge in [0.05, 0.1) is 50.2 Å². The third-order valence-electron chi connectivity index (χ3n) is 12.6. The molecule has 0 aliphatic carbocycles. The van der Waals surface area contributed by atoms with Gasteiger partial charge in [0.2, 0.25) is 0 Å². The van der Waals surface area contributed by atoms with Gasteiger partial charge in [0.1, 0.15) is 0 Å². The largest absolute Gasteiger partial charge is 0.309 e. The molecular weight excluding hydrogens is 767 g/mol. The average Bonchev–Trinajstić information content (AvgIpc) is 4.00. The number of nitrogens with zero attached hydrogens (tertiary/aromatic N) is 5. The van der Waals surface area contributed by atoms with E-state index < -0.39 is 0 Å². The Kier molecular flexibility index (Phi) is 7.84. The molecule has 5 nitrogen and oxygen atoms in total. The number of fused-ring (bicyclic) bond motifs is 10. The van der Waals surface area contributed by atoms with Gasteiger partial charge in [0.15, 0.2) is 5.82 Å². The highest BCUT2D eigenvalue weighted by Crippen LogP contribution is 2.47. The first-order valence-electron chi connectivity index (χ1n) is 21.4. The van der Waals surface area contributed by atoms with Crippen molar-refractivity contribution in [3.05, 3.63) is 224 Å². The molecule has 4 aromatic heterocycles. The van der Waals surface area contributed by atoms with E-state index in [2.05, 4.69) is 232 Å². The summed E-state index contributed by atoms with van der Waals surface area (Å²) in [5, 5.41) is 7.18. The van der Waals surface area contributed by atoms with Crippen LogP contribution in [-0.4, -0.2) is 23.7 Å². The fourth-order valence-corrected chi connectivity index (χ4v) is 9.97. The van der Waals surface area contributed by atoms with Crippen LogP contribution in [0.1, 0.15) is 0 Å². The van der Waals surface area contributed by atoms with Crippen LogP contribution in [0.15, 0.2) is 224 Å². The first-order valence-corrected chi connectivity index (χ1v) is 21.4. The molecule has 0 fully saturated rings. The minimum absolute atomic E-state index is 0.679. The predicted octanol–water partition coefficient (Wildman–Crippen LogP) is 14.8. The number of benzene rings is 9. The highest BCUT2D eigenvalue weighted by atomic mass is 15.1. The first kappa shape index (κ1) is 35.2. The Labute approximate surface area is 363 Å². The van der Waals surface area contributed by atoms with Crippen molar-refractivity contribution in [2.75, 3.05) is 0 Å². The molecule has 294 valence electrons. The second-order valence-electron chi connectivity index (χ2n) is 16.1. The molecule has 63 heavy (non-hydrogen) atoms. The quantitative estimate of drug-likeness (QED) is 0.168. The number of hydrogen-bond acceptors (Lipinski definition) is 2. The molecule has 0 saturated heterocycles. The van der Waals surface area contributed by atoms with Crippen LogP contribution in [0.3, 0.4) is 0 Å². The SMILES string of the molecule is c1ccc(-c2cc(-c3ccc4c5ccccc5n(-c5ccccc5)c4c3-n3c4ccccc4c4c3ccc3c5ccccc5n(-c5ccccc5)c34)nc(-c3ccccc3)n2)cc1. The zero-order valence-corrected chi connectivity index (χ0v) is 34.1. The van der Waals surface area contributed by atoms with Crippen LogP contribution < -0.4 is 0 Å². The summed E-state index contributed by atoms with van der Waals surface area (Å²) in [5.74, 6) is 0.679. The van der Waals surface area contributed by atoms with Gasteiger partial charge in [-0.15, -0.1) is 0 Å². The molecule has 0 bridgehead atoms. The Morgan fingerprint density at radius 1 is 0.302 bits per heavy atom. The maximum Gasteiger partial charge on any atom is 0.160 e. The second kappa shape index (κ2) is 14.0. The summed E-state index contributed by atoms with van der Waals surface area (Å²) < 4.78 is 7.41. The van der Waals surface area contributed by atoms with Gasteiger partial charge < -0.3 is 13.7 Å². The van der Waals surface area contributed by atoms with Gasteiger partial charge in [-0.3, -0.25) is 0 Å². The lowest BCUT2D eigenvalue weighted by atomic mass is 10.0. The number of para-hydroxylation sites is 5. The zero-order chi connectivity index (χ0) is 41.4. The van der Waals surface area contributed by atoms with Crippen LogP contribution in [0.2, 0.25) is 0 Å². The van der Waals surface area contributed by atoms with E-state index in [1.54, 1.807) is 0 Å². The van der Waals surface area contributed by atoms with Crippen LogP contribution in [0, 0.1) is 0 Å². The molecule has 0 aliphatic rings. The van der Waals surface area contributed by atoms with Crippen molar-refractivity contribution < 1.29 is 0 Å². The lowest BCUT2D eigenvalue weighted by Crippen LogP contribution is -2.04. The minimum Gasteiger partial charge on any atom is -0.309 e. The summed E-state index contributed by atoms with van der Waals surface area (Å²) in [6.45, 7) is 0. The molecular formula is C58H37N5. The molecule has 9 aromatic carbocycles. The first-order chi connectivity index (χ1) is 31.3. The van der Waals surface area contributed by atoms with Crippen LogP contribution in [0.4, 0.5) is 0 Å². The second-order valence-corrected chi connectivity index (χ2v) is 16.1. The van der Waals surface area contributed by atoms with E-state index in [1.807, 2.05) is 6.07 Å². The average molecular weight is 804 g/mol. The molecule has 13 aromatic rings. The zero-order valence-electron chi connectivity index (χ0n) is 34.1. The van der Waals surface area contributed by atoms with Gasteiger partial charge in [0.25, 0.3) is 0 Å². The highest BCUT2D eigenvalue weighted by molar-refractivity contribution is 6.27. The van der Waals surface area contributed by atoms with Gasteiger partial charge in [-0.2, -0.15) is 0 Å². The van der Waals surface area contributed by atoms with E-state index >= 15 is 0 Å². The summed E-state index contributed by atoms with van der Waals surface area (Å²) in [5.41, 5.74) is 14.8. The summed E-state index contributed by atoms with van der Waals surface area (Å²) in [6.07, 6.45) is 0. The third-order valence-corrected chi connectivity index (χ3v) is 12.6. The highest BCUT2D eigenvalue weighted by Gasteiger charge is 2.27. The van der Waals surface area contributed by atoms with Crippen molar-refractivity contribution in [3.8, 4) is 51.0 Å². The van der Waals surface area contributed by atoms with Crippen LogP contribution in [-0.2, 0) is 0 Å². The lowest BCUT2D eigenvalue weighted by Gasteiger charge is -2.19. The molecule has 13 rings (SSSR count). The molecule has 4 heterocycles. The molecule has 0 saturated carbocycles. The van der Waals surface area contributed by atoms with E-state index in [-0.39, 0.29) is 0 Å². The smallest absolute Gasteiger partial charge is 0.160 e. The van der Waals surface area contributed by atoms with Crippen molar-refractivity contribution in [2.24, 2.45) is 0 Å². The van der Waals surface area contributed by atoms with E-state index in [1.165, 1.54) is 43.4 Å². The van der Waals surface area contributed by atoms with Gasteiger partial charge in [-0.25, -0.2) is 9.97 Å². The maximum absolute atomic E-state index is 5.49. The Hall–Kier alpha value is -8.54. The van der Waals surface area contributed by atoms with E-state index in [4.69, 9.17) is 9.97 Å². The van der Waals surface area contributed by atoms with Crippen LogP contribution in [0.5, 0.6) is 0 Å². The van der Waals surface area contributed by atoms with Gasteiger partial charge in [-0.1, -0.05) is 164 Å². The van der Waals surface area contributed by atoms with Gasteiger partial charge >= 0.3 is 0 Å². The predicted molar refractivity (Wildman–Crippen MR) is 261 cm³/mol.